The quantitative estimate of drug-likeness (QED) is 0.292. The van der Waals surface area contributed by atoms with Gasteiger partial charge in [-0.15, -0.1) is 0 Å². The Kier molecular flexibility index (Phi) is 7.35. The highest BCUT2D eigenvalue weighted by Gasteiger charge is 2.18. The molecule has 0 aliphatic carbocycles. The number of nitrogens with zero attached hydrogens (tertiary/aromatic N) is 1. The first kappa shape index (κ1) is 23.6. The molecule has 0 bridgehead atoms. The fraction of sp³-hybridized carbons (Fsp3) is 0.0741. The SMILES string of the molecule is CCN(C(=O)c1ccc(NC(=S)NC(=O)c2ccc(Br)cc2)cc1)c1cccc2ccccc12. The van der Waals surface area contributed by atoms with Gasteiger partial charge in [-0.3, -0.25) is 14.9 Å². The molecule has 4 rings (SSSR count). The second kappa shape index (κ2) is 10.6. The number of halogens is 1. The third-order valence-corrected chi connectivity index (χ3v) is 6.07. The lowest BCUT2D eigenvalue weighted by Crippen LogP contribution is -2.34. The van der Waals surface area contributed by atoms with Gasteiger partial charge in [0.15, 0.2) is 5.11 Å². The van der Waals surface area contributed by atoms with Gasteiger partial charge in [-0.05, 0) is 79.1 Å². The molecule has 0 fully saturated rings. The first-order chi connectivity index (χ1) is 16.5. The minimum atomic E-state index is -0.300. The van der Waals surface area contributed by atoms with E-state index < -0.39 is 0 Å². The number of rotatable bonds is 5. The number of nitrogens with one attached hydrogen (secondary N) is 2. The number of hydrogen-bond donors (Lipinski definition) is 2. The highest BCUT2D eigenvalue weighted by molar-refractivity contribution is 9.10. The van der Waals surface area contributed by atoms with Crippen molar-refractivity contribution < 1.29 is 9.59 Å². The van der Waals surface area contributed by atoms with Crippen LogP contribution in [0, 0.1) is 0 Å². The molecule has 0 saturated heterocycles. The van der Waals surface area contributed by atoms with Crippen molar-refractivity contribution >= 4 is 67.2 Å². The Labute approximate surface area is 211 Å². The maximum absolute atomic E-state index is 13.3. The summed E-state index contributed by atoms with van der Waals surface area (Å²) in [5, 5.41) is 7.94. The van der Waals surface area contributed by atoms with Crippen molar-refractivity contribution in [3.8, 4) is 0 Å². The predicted octanol–water partition coefficient (Wildman–Crippen LogP) is 6.40. The largest absolute Gasteiger partial charge is 0.332 e. The topological polar surface area (TPSA) is 61.4 Å². The zero-order valence-corrected chi connectivity index (χ0v) is 20.8. The fourth-order valence-corrected chi connectivity index (χ4v) is 4.13. The lowest BCUT2D eigenvalue weighted by molar-refractivity contribution is 0.0973. The summed E-state index contributed by atoms with van der Waals surface area (Å²) in [4.78, 5) is 27.4. The number of thiocarbonyl (C=S) groups is 1. The average Bonchev–Trinajstić information content (AvgIpc) is 2.85. The summed E-state index contributed by atoms with van der Waals surface area (Å²) in [7, 11) is 0. The zero-order valence-electron chi connectivity index (χ0n) is 18.4. The van der Waals surface area contributed by atoms with Crippen LogP contribution in [-0.4, -0.2) is 23.5 Å². The van der Waals surface area contributed by atoms with Gasteiger partial charge in [0.05, 0.1) is 5.69 Å². The highest BCUT2D eigenvalue weighted by atomic mass is 79.9. The molecule has 0 spiro atoms. The Morgan fingerprint density at radius 3 is 2.21 bits per heavy atom. The second-order valence-electron chi connectivity index (χ2n) is 7.54. The van der Waals surface area contributed by atoms with Crippen molar-refractivity contribution in [1.82, 2.24) is 5.32 Å². The molecule has 0 heterocycles. The monoisotopic (exact) mass is 531 g/mol. The van der Waals surface area contributed by atoms with E-state index in [1.807, 2.05) is 49.4 Å². The van der Waals surface area contributed by atoms with Crippen molar-refractivity contribution in [1.29, 1.82) is 0 Å². The molecule has 0 aromatic heterocycles. The van der Waals surface area contributed by atoms with Crippen LogP contribution in [0.25, 0.3) is 10.8 Å². The molecule has 0 atom stereocenters. The van der Waals surface area contributed by atoms with Crippen LogP contribution in [0.15, 0.2) is 95.5 Å². The molecule has 4 aromatic carbocycles. The molecule has 0 radical (unpaired) electrons. The molecule has 0 saturated carbocycles. The van der Waals surface area contributed by atoms with Crippen molar-refractivity contribution in [2.24, 2.45) is 0 Å². The molecule has 170 valence electrons. The Balaban J connectivity index is 1.45. The summed E-state index contributed by atoms with van der Waals surface area (Å²) in [5.41, 5.74) is 2.61. The molecule has 4 aromatic rings. The summed E-state index contributed by atoms with van der Waals surface area (Å²) < 4.78 is 0.890. The third kappa shape index (κ3) is 5.32. The van der Waals surface area contributed by atoms with E-state index in [-0.39, 0.29) is 16.9 Å². The first-order valence-corrected chi connectivity index (χ1v) is 11.9. The van der Waals surface area contributed by atoms with Crippen LogP contribution in [-0.2, 0) is 0 Å². The Morgan fingerprint density at radius 1 is 0.853 bits per heavy atom. The highest BCUT2D eigenvalue weighted by Crippen LogP contribution is 2.28. The Bertz CT molecular complexity index is 1350. The summed E-state index contributed by atoms with van der Waals surface area (Å²) >= 11 is 8.61. The summed E-state index contributed by atoms with van der Waals surface area (Å²) in [5.74, 6) is -0.387. The van der Waals surface area contributed by atoms with Crippen LogP contribution < -0.4 is 15.5 Å². The summed E-state index contributed by atoms with van der Waals surface area (Å²) in [6, 6.07) is 28.0. The van der Waals surface area contributed by atoms with Gasteiger partial charge in [0.25, 0.3) is 11.8 Å². The lowest BCUT2D eigenvalue weighted by atomic mass is 10.1. The van der Waals surface area contributed by atoms with Crippen LogP contribution in [0.2, 0.25) is 0 Å². The lowest BCUT2D eigenvalue weighted by Gasteiger charge is -2.23. The van der Waals surface area contributed by atoms with E-state index in [1.165, 1.54) is 0 Å². The number of amides is 2. The van der Waals surface area contributed by atoms with Gasteiger partial charge < -0.3 is 10.2 Å². The van der Waals surface area contributed by atoms with Crippen molar-refractivity contribution in [3.63, 3.8) is 0 Å². The van der Waals surface area contributed by atoms with Gasteiger partial charge in [0.2, 0.25) is 0 Å². The number of carbonyl (C=O) groups is 2. The van der Waals surface area contributed by atoms with Gasteiger partial charge >= 0.3 is 0 Å². The molecule has 7 heteroatoms. The number of carbonyl (C=O) groups excluding carboxylic acids is 2. The molecule has 34 heavy (non-hydrogen) atoms. The minimum Gasteiger partial charge on any atom is -0.332 e. The summed E-state index contributed by atoms with van der Waals surface area (Å²) in [6.45, 7) is 2.50. The maximum atomic E-state index is 13.3. The first-order valence-electron chi connectivity index (χ1n) is 10.7. The number of benzene rings is 4. The van der Waals surface area contributed by atoms with E-state index in [9.17, 15) is 9.59 Å². The van der Waals surface area contributed by atoms with Crippen molar-refractivity contribution in [2.45, 2.75) is 6.92 Å². The van der Waals surface area contributed by atoms with Crippen LogP contribution in [0.1, 0.15) is 27.6 Å². The molecule has 0 aliphatic heterocycles. The van der Waals surface area contributed by atoms with E-state index >= 15 is 0 Å². The van der Waals surface area contributed by atoms with Crippen molar-refractivity contribution in [3.05, 3.63) is 107 Å². The molecule has 0 aliphatic rings. The Morgan fingerprint density at radius 2 is 1.50 bits per heavy atom. The van der Waals surface area contributed by atoms with E-state index in [1.54, 1.807) is 53.4 Å². The Hall–Kier alpha value is -3.55. The molecule has 5 nitrogen and oxygen atoms in total. The van der Waals surface area contributed by atoms with Crippen LogP contribution in [0.3, 0.4) is 0 Å². The maximum Gasteiger partial charge on any atom is 0.258 e. The third-order valence-electron chi connectivity index (χ3n) is 5.34. The average molecular weight is 532 g/mol. The van der Waals surface area contributed by atoms with Gasteiger partial charge in [-0.2, -0.15) is 0 Å². The molecular weight excluding hydrogens is 510 g/mol. The van der Waals surface area contributed by atoms with E-state index in [0.29, 0.717) is 23.4 Å². The number of fused-ring (bicyclic) bond motifs is 1. The molecule has 2 N–H and O–H groups in total. The van der Waals surface area contributed by atoms with Gasteiger partial charge in [-0.1, -0.05) is 52.3 Å². The standard InChI is InChI=1S/C27H22BrN3O2S/c1-2-31(24-9-5-7-18-6-3-4-8-23(18)24)26(33)20-12-16-22(17-13-20)29-27(34)30-25(32)19-10-14-21(28)15-11-19/h3-17H,2H2,1H3,(H2,29,30,32,34). The fourth-order valence-electron chi connectivity index (χ4n) is 3.66. The minimum absolute atomic E-state index is 0.0866. The van der Waals surface area contributed by atoms with E-state index in [4.69, 9.17) is 12.2 Å². The van der Waals surface area contributed by atoms with Crippen molar-refractivity contribution in [2.75, 3.05) is 16.8 Å². The van der Waals surface area contributed by atoms with Gasteiger partial charge in [0.1, 0.15) is 0 Å². The van der Waals surface area contributed by atoms with Crippen LogP contribution in [0.4, 0.5) is 11.4 Å². The zero-order chi connectivity index (χ0) is 24.1. The second-order valence-corrected chi connectivity index (χ2v) is 8.86. The van der Waals surface area contributed by atoms with E-state index in [2.05, 4.69) is 26.6 Å². The number of hydrogen-bond acceptors (Lipinski definition) is 3. The van der Waals surface area contributed by atoms with E-state index in [0.717, 1.165) is 20.9 Å². The molecule has 0 unspecified atom stereocenters. The van der Waals surface area contributed by atoms with Crippen LogP contribution >= 0.6 is 28.1 Å². The predicted molar refractivity (Wildman–Crippen MR) is 146 cm³/mol. The smallest absolute Gasteiger partial charge is 0.258 e. The van der Waals surface area contributed by atoms with Gasteiger partial charge in [0, 0.05) is 33.2 Å². The number of anilines is 2. The summed E-state index contributed by atoms with van der Waals surface area (Å²) in [6.07, 6.45) is 0. The molecular formula is C27H22BrN3O2S. The normalized spacial score (nSPS) is 10.5. The van der Waals surface area contributed by atoms with Gasteiger partial charge in [-0.25, -0.2) is 0 Å². The van der Waals surface area contributed by atoms with Crippen LogP contribution in [0.5, 0.6) is 0 Å². The molecule has 2 amide bonds.